The molecule has 2 atom stereocenters. The summed E-state index contributed by atoms with van der Waals surface area (Å²) in [7, 11) is 3.17. The van der Waals surface area contributed by atoms with Crippen LogP contribution in [0.15, 0.2) is 24.8 Å². The van der Waals surface area contributed by atoms with Crippen molar-refractivity contribution in [2.24, 2.45) is 11.7 Å². The number of amides is 1. The number of hydrogen-bond acceptors (Lipinski definition) is 4. The molecule has 2 N–H and O–H groups in total. The first-order valence-corrected chi connectivity index (χ1v) is 7.92. The number of allylic oxidation sites excluding steroid dienone is 1. The zero-order valence-corrected chi connectivity index (χ0v) is 15.4. The lowest BCUT2D eigenvalue weighted by atomic mass is 10.0. The molecule has 1 aliphatic heterocycles. The minimum Gasteiger partial charge on any atom is -0.493 e. The molecule has 6 heteroatoms. The fourth-order valence-corrected chi connectivity index (χ4v) is 3.24. The van der Waals surface area contributed by atoms with Gasteiger partial charge in [0, 0.05) is 23.7 Å². The van der Waals surface area contributed by atoms with E-state index in [-0.39, 0.29) is 24.4 Å². The van der Waals surface area contributed by atoms with E-state index in [4.69, 9.17) is 15.2 Å². The molecule has 1 heterocycles. The molecule has 1 fully saturated rings. The van der Waals surface area contributed by atoms with Crippen molar-refractivity contribution in [3.05, 3.63) is 35.9 Å². The number of benzene rings is 1. The Morgan fingerprint density at radius 3 is 2.62 bits per heavy atom. The van der Waals surface area contributed by atoms with Crippen LogP contribution in [0, 0.1) is 5.92 Å². The molecule has 5 nitrogen and oxygen atoms in total. The summed E-state index contributed by atoms with van der Waals surface area (Å²) in [6.07, 6.45) is 3.35. The molecule has 0 aliphatic carbocycles. The van der Waals surface area contributed by atoms with E-state index in [1.807, 2.05) is 11.0 Å². The van der Waals surface area contributed by atoms with Gasteiger partial charge >= 0.3 is 0 Å². The van der Waals surface area contributed by atoms with Crippen LogP contribution in [-0.2, 0) is 6.42 Å². The minimum absolute atomic E-state index is 0. The number of carbonyl (C=O) groups is 1. The van der Waals surface area contributed by atoms with Gasteiger partial charge in [-0.2, -0.15) is 0 Å². The van der Waals surface area contributed by atoms with Crippen LogP contribution in [0.3, 0.4) is 0 Å². The maximum atomic E-state index is 12.9. The molecule has 0 spiro atoms. The van der Waals surface area contributed by atoms with Crippen molar-refractivity contribution in [2.45, 2.75) is 25.8 Å². The Hall–Kier alpha value is -1.72. The van der Waals surface area contributed by atoms with Gasteiger partial charge in [0.15, 0.2) is 11.5 Å². The third-order valence-electron chi connectivity index (χ3n) is 4.42. The van der Waals surface area contributed by atoms with Crippen molar-refractivity contribution in [3.63, 3.8) is 0 Å². The molecular weight excluding hydrogens is 328 g/mol. The lowest BCUT2D eigenvalue weighted by Gasteiger charge is -2.23. The lowest BCUT2D eigenvalue weighted by molar-refractivity contribution is 0.0743. The van der Waals surface area contributed by atoms with E-state index in [1.54, 1.807) is 26.4 Å². The highest BCUT2D eigenvalue weighted by Crippen LogP contribution is 2.34. The first-order chi connectivity index (χ1) is 11.0. The second-order valence-corrected chi connectivity index (χ2v) is 6.01. The molecule has 0 bridgehead atoms. The van der Waals surface area contributed by atoms with Gasteiger partial charge in [-0.3, -0.25) is 4.79 Å². The molecular formula is C18H27ClN2O3. The number of carbonyl (C=O) groups excluding carboxylic acids is 1. The number of rotatable bonds is 6. The highest BCUT2D eigenvalue weighted by Gasteiger charge is 2.32. The first-order valence-electron chi connectivity index (χ1n) is 7.92. The van der Waals surface area contributed by atoms with Crippen LogP contribution >= 0.6 is 12.4 Å². The van der Waals surface area contributed by atoms with Crippen molar-refractivity contribution in [1.82, 2.24) is 4.90 Å². The average Bonchev–Trinajstić information content (AvgIpc) is 2.94. The van der Waals surface area contributed by atoms with Gasteiger partial charge in [-0.05, 0) is 44.4 Å². The van der Waals surface area contributed by atoms with Gasteiger partial charge in [-0.25, -0.2) is 0 Å². The van der Waals surface area contributed by atoms with Gasteiger partial charge in [0.05, 0.1) is 14.2 Å². The van der Waals surface area contributed by atoms with Crippen LogP contribution in [-0.4, -0.2) is 44.2 Å². The van der Waals surface area contributed by atoms with E-state index in [1.165, 1.54) is 0 Å². The summed E-state index contributed by atoms with van der Waals surface area (Å²) in [5.74, 6) is 1.61. The smallest absolute Gasteiger partial charge is 0.254 e. The van der Waals surface area contributed by atoms with Gasteiger partial charge in [-0.1, -0.05) is 6.08 Å². The number of ether oxygens (including phenoxy) is 2. The Kier molecular flexibility index (Phi) is 7.58. The van der Waals surface area contributed by atoms with Gasteiger partial charge in [0.25, 0.3) is 5.91 Å². The summed E-state index contributed by atoms with van der Waals surface area (Å²) in [6, 6.07) is 3.82. The van der Waals surface area contributed by atoms with Crippen LogP contribution in [0.5, 0.6) is 11.5 Å². The normalized spacial score (nSPS) is 19.6. The monoisotopic (exact) mass is 354 g/mol. The molecule has 0 aromatic heterocycles. The number of halogens is 1. The predicted octanol–water partition coefficient (Wildman–Crippen LogP) is 2.66. The Bertz CT molecular complexity index is 592. The SMILES string of the molecule is C=CCc1cc(C(=O)N2CC(CN)CC2C)cc(OC)c1OC.Cl. The van der Waals surface area contributed by atoms with Crippen molar-refractivity contribution >= 4 is 18.3 Å². The molecule has 1 aromatic rings. The zero-order valence-electron chi connectivity index (χ0n) is 14.6. The Morgan fingerprint density at radius 1 is 1.42 bits per heavy atom. The van der Waals surface area contributed by atoms with E-state index in [0.717, 1.165) is 12.0 Å². The number of hydrogen-bond donors (Lipinski definition) is 1. The fraction of sp³-hybridized carbons (Fsp3) is 0.500. The van der Waals surface area contributed by atoms with Crippen LogP contribution in [0.2, 0.25) is 0 Å². The Balaban J connectivity index is 0.00000288. The molecule has 134 valence electrons. The molecule has 2 rings (SSSR count). The second kappa shape index (κ2) is 8.94. The standard InChI is InChI=1S/C18H26N2O3.ClH/c1-5-6-14-8-15(9-16(22-3)17(14)23-4)18(21)20-11-13(10-19)7-12(20)2;/h5,8-9,12-13H,1,6-7,10-11,19H2,2-4H3;1H. The maximum Gasteiger partial charge on any atom is 0.254 e. The van der Waals surface area contributed by atoms with E-state index < -0.39 is 0 Å². The van der Waals surface area contributed by atoms with Gasteiger partial charge in [-0.15, -0.1) is 19.0 Å². The number of likely N-dealkylation sites (tertiary alicyclic amines) is 1. The molecule has 24 heavy (non-hydrogen) atoms. The lowest BCUT2D eigenvalue weighted by Crippen LogP contribution is -2.34. The molecule has 0 saturated carbocycles. The summed E-state index contributed by atoms with van der Waals surface area (Å²) >= 11 is 0. The number of nitrogens with zero attached hydrogens (tertiary/aromatic N) is 1. The van der Waals surface area contributed by atoms with Gasteiger partial charge in [0.2, 0.25) is 0 Å². The summed E-state index contributed by atoms with van der Waals surface area (Å²) in [5.41, 5.74) is 7.27. The highest BCUT2D eigenvalue weighted by atomic mass is 35.5. The predicted molar refractivity (Wildman–Crippen MR) is 98.4 cm³/mol. The molecule has 1 amide bonds. The van der Waals surface area contributed by atoms with Crippen LogP contribution in [0.1, 0.15) is 29.3 Å². The third-order valence-corrected chi connectivity index (χ3v) is 4.42. The quantitative estimate of drug-likeness (QED) is 0.798. The zero-order chi connectivity index (χ0) is 17.0. The number of methoxy groups -OCH3 is 2. The summed E-state index contributed by atoms with van der Waals surface area (Å²) in [5, 5.41) is 0. The van der Waals surface area contributed by atoms with E-state index in [0.29, 0.717) is 42.5 Å². The largest absolute Gasteiger partial charge is 0.493 e. The second-order valence-electron chi connectivity index (χ2n) is 6.01. The summed E-state index contributed by atoms with van der Waals surface area (Å²) < 4.78 is 10.8. The third kappa shape index (κ3) is 4.02. The van der Waals surface area contributed by atoms with Crippen LogP contribution in [0.4, 0.5) is 0 Å². The van der Waals surface area contributed by atoms with Crippen molar-refractivity contribution in [3.8, 4) is 11.5 Å². The summed E-state index contributed by atoms with van der Waals surface area (Å²) in [4.78, 5) is 14.8. The fourth-order valence-electron chi connectivity index (χ4n) is 3.24. The van der Waals surface area contributed by atoms with Crippen molar-refractivity contribution < 1.29 is 14.3 Å². The molecule has 1 aromatic carbocycles. The molecule has 0 radical (unpaired) electrons. The highest BCUT2D eigenvalue weighted by molar-refractivity contribution is 5.95. The average molecular weight is 355 g/mol. The molecule has 1 saturated heterocycles. The minimum atomic E-state index is 0. The van der Waals surface area contributed by atoms with E-state index >= 15 is 0 Å². The van der Waals surface area contributed by atoms with E-state index in [2.05, 4.69) is 13.5 Å². The number of nitrogens with two attached hydrogens (primary N) is 1. The topological polar surface area (TPSA) is 64.8 Å². The summed E-state index contributed by atoms with van der Waals surface area (Å²) in [6.45, 7) is 7.16. The molecule has 1 aliphatic rings. The first kappa shape index (κ1) is 20.3. The van der Waals surface area contributed by atoms with Crippen LogP contribution in [0.25, 0.3) is 0 Å². The van der Waals surface area contributed by atoms with Crippen LogP contribution < -0.4 is 15.2 Å². The van der Waals surface area contributed by atoms with E-state index in [9.17, 15) is 4.79 Å². The Labute approximate surface area is 150 Å². The molecule has 2 unspecified atom stereocenters. The maximum absolute atomic E-state index is 12.9. The Morgan fingerprint density at radius 2 is 2.12 bits per heavy atom. The van der Waals surface area contributed by atoms with Crippen molar-refractivity contribution in [1.29, 1.82) is 0 Å². The van der Waals surface area contributed by atoms with Gasteiger partial charge in [0.1, 0.15) is 0 Å². The van der Waals surface area contributed by atoms with Gasteiger partial charge < -0.3 is 20.1 Å². The van der Waals surface area contributed by atoms with Crippen molar-refractivity contribution in [2.75, 3.05) is 27.3 Å².